The molecule has 0 radical (unpaired) electrons. The quantitative estimate of drug-likeness (QED) is 0.909. The first-order valence-electron chi connectivity index (χ1n) is 7.79. The van der Waals surface area contributed by atoms with Crippen LogP contribution in [0.25, 0.3) is 5.69 Å². The summed E-state index contributed by atoms with van der Waals surface area (Å²) in [5.41, 5.74) is 1.57. The molecule has 1 saturated carbocycles. The van der Waals surface area contributed by atoms with Crippen molar-refractivity contribution in [2.45, 2.75) is 31.8 Å². The van der Waals surface area contributed by atoms with Gasteiger partial charge in [0.15, 0.2) is 0 Å². The van der Waals surface area contributed by atoms with Crippen LogP contribution < -0.4 is 5.32 Å². The first-order chi connectivity index (χ1) is 10.7. The van der Waals surface area contributed by atoms with E-state index >= 15 is 0 Å². The van der Waals surface area contributed by atoms with Crippen LogP contribution in [-0.2, 0) is 0 Å². The summed E-state index contributed by atoms with van der Waals surface area (Å²) < 4.78 is 1.76. The average molecular weight is 299 g/mol. The van der Waals surface area contributed by atoms with Crippen molar-refractivity contribution in [2.75, 3.05) is 6.54 Å². The van der Waals surface area contributed by atoms with E-state index in [9.17, 15) is 9.90 Å². The number of aliphatic hydroxyl groups excluding tert-OH is 1. The number of carbonyl (C=O) groups is 1. The van der Waals surface area contributed by atoms with Crippen molar-refractivity contribution < 1.29 is 9.90 Å². The van der Waals surface area contributed by atoms with E-state index in [0.29, 0.717) is 18.0 Å². The molecule has 0 bridgehead atoms. The maximum absolute atomic E-state index is 12.2. The Kier molecular flexibility index (Phi) is 4.53. The molecule has 1 aliphatic carbocycles. The molecule has 2 unspecified atom stereocenters. The highest BCUT2D eigenvalue weighted by atomic mass is 16.3. The van der Waals surface area contributed by atoms with Crippen LogP contribution >= 0.6 is 0 Å². The molecule has 5 heteroatoms. The molecule has 1 heterocycles. The molecule has 1 aromatic carbocycles. The van der Waals surface area contributed by atoms with Crippen molar-refractivity contribution in [3.05, 3.63) is 48.3 Å². The number of hydrogen-bond donors (Lipinski definition) is 2. The number of carbonyl (C=O) groups excluding carboxylic acids is 1. The van der Waals surface area contributed by atoms with Gasteiger partial charge < -0.3 is 10.4 Å². The molecule has 116 valence electrons. The Morgan fingerprint density at radius 2 is 2.14 bits per heavy atom. The maximum Gasteiger partial charge on any atom is 0.251 e. The van der Waals surface area contributed by atoms with Crippen LogP contribution in [-0.4, -0.2) is 33.4 Å². The fourth-order valence-corrected chi connectivity index (χ4v) is 2.97. The standard InChI is InChI=1S/C17H21N3O2/c21-16-4-1-3-13(11-16)12-18-17(22)14-5-7-15(8-6-14)20-10-2-9-19-20/h2,5-10,13,16,21H,1,3-4,11-12H2,(H,18,22). The zero-order chi connectivity index (χ0) is 15.4. The van der Waals surface area contributed by atoms with Crippen LogP contribution in [0.1, 0.15) is 36.0 Å². The summed E-state index contributed by atoms with van der Waals surface area (Å²) in [6, 6.07) is 9.24. The second-order valence-corrected chi connectivity index (χ2v) is 5.89. The van der Waals surface area contributed by atoms with Gasteiger partial charge in [-0.2, -0.15) is 5.10 Å². The van der Waals surface area contributed by atoms with Crippen LogP contribution in [0, 0.1) is 5.92 Å². The molecular weight excluding hydrogens is 278 g/mol. The van der Waals surface area contributed by atoms with E-state index in [-0.39, 0.29) is 12.0 Å². The molecular formula is C17H21N3O2. The molecule has 0 spiro atoms. The molecule has 0 aliphatic heterocycles. The van der Waals surface area contributed by atoms with Gasteiger partial charge in [-0.25, -0.2) is 4.68 Å². The van der Waals surface area contributed by atoms with Gasteiger partial charge in [0, 0.05) is 24.5 Å². The van der Waals surface area contributed by atoms with E-state index in [4.69, 9.17) is 0 Å². The highest BCUT2D eigenvalue weighted by Crippen LogP contribution is 2.23. The molecule has 3 rings (SSSR count). The number of nitrogens with one attached hydrogen (secondary N) is 1. The summed E-state index contributed by atoms with van der Waals surface area (Å²) in [6.45, 7) is 0.636. The second-order valence-electron chi connectivity index (χ2n) is 5.89. The Hall–Kier alpha value is -2.14. The molecule has 1 amide bonds. The van der Waals surface area contributed by atoms with E-state index in [1.807, 2.05) is 36.5 Å². The highest BCUT2D eigenvalue weighted by Gasteiger charge is 2.20. The Labute approximate surface area is 130 Å². The van der Waals surface area contributed by atoms with Crippen molar-refractivity contribution in [1.29, 1.82) is 0 Å². The molecule has 1 fully saturated rings. The van der Waals surface area contributed by atoms with Crippen LogP contribution in [0.5, 0.6) is 0 Å². The largest absolute Gasteiger partial charge is 0.393 e. The lowest BCUT2D eigenvalue weighted by molar-refractivity contribution is 0.0874. The number of nitrogens with zero attached hydrogens (tertiary/aromatic N) is 2. The first-order valence-corrected chi connectivity index (χ1v) is 7.79. The summed E-state index contributed by atoms with van der Waals surface area (Å²) in [7, 11) is 0. The topological polar surface area (TPSA) is 67.2 Å². The van der Waals surface area contributed by atoms with Crippen LogP contribution in [0.4, 0.5) is 0 Å². The SMILES string of the molecule is O=C(NCC1CCCC(O)C1)c1ccc(-n2cccn2)cc1. The van der Waals surface area contributed by atoms with Crippen molar-refractivity contribution in [1.82, 2.24) is 15.1 Å². The van der Waals surface area contributed by atoms with Crippen molar-refractivity contribution in [2.24, 2.45) is 5.92 Å². The fourth-order valence-electron chi connectivity index (χ4n) is 2.97. The lowest BCUT2D eigenvalue weighted by Gasteiger charge is -2.25. The normalized spacial score (nSPS) is 21.5. The lowest BCUT2D eigenvalue weighted by atomic mass is 9.87. The Morgan fingerprint density at radius 3 is 2.82 bits per heavy atom. The summed E-state index contributed by atoms with van der Waals surface area (Å²) in [6.07, 6.45) is 7.18. The van der Waals surface area contributed by atoms with Crippen molar-refractivity contribution in [3.8, 4) is 5.69 Å². The van der Waals surface area contributed by atoms with Gasteiger partial charge in [-0.15, -0.1) is 0 Å². The Bertz CT molecular complexity index is 607. The third-order valence-corrected chi connectivity index (χ3v) is 4.20. The number of aliphatic hydroxyl groups is 1. The monoisotopic (exact) mass is 299 g/mol. The van der Waals surface area contributed by atoms with Gasteiger partial charge in [-0.05, 0) is 55.5 Å². The van der Waals surface area contributed by atoms with Gasteiger partial charge in [0.2, 0.25) is 0 Å². The molecule has 0 saturated heterocycles. The smallest absolute Gasteiger partial charge is 0.251 e. The van der Waals surface area contributed by atoms with Gasteiger partial charge in [0.05, 0.1) is 11.8 Å². The van der Waals surface area contributed by atoms with Crippen molar-refractivity contribution >= 4 is 5.91 Å². The fraction of sp³-hybridized carbons (Fsp3) is 0.412. The first kappa shape index (κ1) is 14.8. The van der Waals surface area contributed by atoms with Gasteiger partial charge in [0.25, 0.3) is 5.91 Å². The Morgan fingerprint density at radius 1 is 1.32 bits per heavy atom. The molecule has 2 atom stereocenters. The van der Waals surface area contributed by atoms with E-state index < -0.39 is 0 Å². The number of rotatable bonds is 4. The van der Waals surface area contributed by atoms with E-state index in [1.165, 1.54) is 0 Å². The summed E-state index contributed by atoms with van der Waals surface area (Å²) in [4.78, 5) is 12.2. The molecule has 1 aromatic heterocycles. The second kappa shape index (κ2) is 6.75. The molecule has 22 heavy (non-hydrogen) atoms. The number of aromatic nitrogens is 2. The number of hydrogen-bond acceptors (Lipinski definition) is 3. The summed E-state index contributed by atoms with van der Waals surface area (Å²) in [5.74, 6) is 0.322. The van der Waals surface area contributed by atoms with E-state index in [1.54, 1.807) is 10.9 Å². The van der Waals surface area contributed by atoms with Crippen LogP contribution in [0.3, 0.4) is 0 Å². The average Bonchev–Trinajstić information content (AvgIpc) is 3.07. The minimum atomic E-state index is -0.205. The number of amides is 1. The van der Waals surface area contributed by atoms with Gasteiger partial charge in [-0.3, -0.25) is 4.79 Å². The summed E-state index contributed by atoms with van der Waals surface area (Å²) in [5, 5.41) is 16.8. The Balaban J connectivity index is 1.56. The predicted octanol–water partition coefficient (Wildman–Crippen LogP) is 2.15. The lowest BCUT2D eigenvalue weighted by Crippen LogP contribution is -2.32. The minimum absolute atomic E-state index is 0.0629. The van der Waals surface area contributed by atoms with Crippen LogP contribution in [0.15, 0.2) is 42.7 Å². The third-order valence-electron chi connectivity index (χ3n) is 4.20. The third kappa shape index (κ3) is 3.54. The maximum atomic E-state index is 12.2. The predicted molar refractivity (Wildman–Crippen MR) is 83.9 cm³/mol. The highest BCUT2D eigenvalue weighted by molar-refractivity contribution is 5.94. The zero-order valence-corrected chi connectivity index (χ0v) is 12.5. The number of benzene rings is 1. The molecule has 2 N–H and O–H groups in total. The van der Waals surface area contributed by atoms with E-state index in [0.717, 1.165) is 31.4 Å². The van der Waals surface area contributed by atoms with E-state index in [2.05, 4.69) is 10.4 Å². The summed E-state index contributed by atoms with van der Waals surface area (Å²) >= 11 is 0. The molecule has 1 aliphatic rings. The molecule has 5 nitrogen and oxygen atoms in total. The molecule has 2 aromatic rings. The van der Waals surface area contributed by atoms with Gasteiger partial charge in [0.1, 0.15) is 0 Å². The van der Waals surface area contributed by atoms with Gasteiger partial charge >= 0.3 is 0 Å². The minimum Gasteiger partial charge on any atom is -0.393 e. The van der Waals surface area contributed by atoms with Gasteiger partial charge in [-0.1, -0.05) is 6.42 Å². The van der Waals surface area contributed by atoms with Crippen LogP contribution in [0.2, 0.25) is 0 Å². The zero-order valence-electron chi connectivity index (χ0n) is 12.5. The van der Waals surface area contributed by atoms with Crippen molar-refractivity contribution in [3.63, 3.8) is 0 Å².